The predicted molar refractivity (Wildman–Crippen MR) is 112 cm³/mol. The second-order valence-corrected chi connectivity index (χ2v) is 9.73. The molecule has 7 heteroatoms. The summed E-state index contributed by atoms with van der Waals surface area (Å²) in [6, 6.07) is 1.85. The van der Waals surface area contributed by atoms with Crippen molar-refractivity contribution in [3.05, 3.63) is 30.2 Å². The number of esters is 1. The van der Waals surface area contributed by atoms with E-state index in [0.717, 1.165) is 35.2 Å². The Labute approximate surface area is 175 Å². The SMILES string of the molecule is CCOC(=O)c1c(-c2cnn(CC34CC5CC(CC(C5)C3)C4)c2)nnc2[nH]ccc12. The Kier molecular flexibility index (Phi) is 4.01. The monoisotopic (exact) mass is 405 g/mol. The van der Waals surface area contributed by atoms with Gasteiger partial charge in [-0.25, -0.2) is 4.79 Å². The van der Waals surface area contributed by atoms with Crippen molar-refractivity contribution >= 4 is 17.0 Å². The van der Waals surface area contributed by atoms with Gasteiger partial charge in [0.05, 0.1) is 18.4 Å². The number of hydrogen-bond donors (Lipinski definition) is 1. The van der Waals surface area contributed by atoms with Crippen LogP contribution in [0.25, 0.3) is 22.3 Å². The van der Waals surface area contributed by atoms with Gasteiger partial charge in [-0.05, 0) is 74.7 Å². The third kappa shape index (κ3) is 2.86. The summed E-state index contributed by atoms with van der Waals surface area (Å²) in [4.78, 5) is 15.7. The first-order valence-corrected chi connectivity index (χ1v) is 11.2. The highest BCUT2D eigenvalue weighted by Gasteiger charge is 2.51. The molecule has 4 saturated carbocycles. The summed E-state index contributed by atoms with van der Waals surface area (Å²) in [5, 5.41) is 14.0. The van der Waals surface area contributed by atoms with Crippen LogP contribution >= 0.6 is 0 Å². The normalized spacial score (nSPS) is 29.6. The third-order valence-corrected chi connectivity index (χ3v) is 7.53. The van der Waals surface area contributed by atoms with Crippen LogP contribution in [-0.4, -0.2) is 37.5 Å². The van der Waals surface area contributed by atoms with Crippen LogP contribution in [0.2, 0.25) is 0 Å². The summed E-state index contributed by atoms with van der Waals surface area (Å²) in [7, 11) is 0. The summed E-state index contributed by atoms with van der Waals surface area (Å²) in [6.07, 6.45) is 14.0. The molecule has 30 heavy (non-hydrogen) atoms. The number of carbonyl (C=O) groups excluding carboxylic acids is 1. The Balaban J connectivity index is 1.34. The number of H-pyrrole nitrogens is 1. The number of fused-ring (bicyclic) bond motifs is 1. The maximum absolute atomic E-state index is 12.7. The Morgan fingerprint density at radius 2 is 1.93 bits per heavy atom. The zero-order valence-corrected chi connectivity index (χ0v) is 17.3. The molecule has 7 nitrogen and oxygen atoms in total. The Morgan fingerprint density at radius 1 is 1.20 bits per heavy atom. The minimum Gasteiger partial charge on any atom is -0.462 e. The smallest absolute Gasteiger partial charge is 0.341 e. The number of carbonyl (C=O) groups is 1. The van der Waals surface area contributed by atoms with E-state index in [1.165, 1.54) is 38.5 Å². The fourth-order valence-electron chi connectivity index (χ4n) is 6.93. The van der Waals surface area contributed by atoms with Crippen molar-refractivity contribution in [3.8, 4) is 11.3 Å². The molecule has 0 spiro atoms. The summed E-state index contributed by atoms with van der Waals surface area (Å²) in [5.74, 6) is 2.39. The van der Waals surface area contributed by atoms with Gasteiger partial charge in [-0.2, -0.15) is 5.10 Å². The van der Waals surface area contributed by atoms with E-state index in [2.05, 4.69) is 25.0 Å². The van der Waals surface area contributed by atoms with Gasteiger partial charge in [-0.15, -0.1) is 10.2 Å². The second kappa shape index (κ2) is 6.65. The molecule has 4 fully saturated rings. The van der Waals surface area contributed by atoms with E-state index in [1.54, 1.807) is 6.20 Å². The van der Waals surface area contributed by atoms with Crippen LogP contribution in [0.1, 0.15) is 55.8 Å². The lowest BCUT2D eigenvalue weighted by atomic mass is 9.49. The first kappa shape index (κ1) is 18.1. The van der Waals surface area contributed by atoms with Gasteiger partial charge in [0.25, 0.3) is 0 Å². The molecule has 0 saturated heterocycles. The number of nitrogens with zero attached hydrogens (tertiary/aromatic N) is 4. The van der Waals surface area contributed by atoms with Crippen LogP contribution < -0.4 is 0 Å². The molecule has 1 N–H and O–H groups in total. The lowest BCUT2D eigenvalue weighted by Gasteiger charge is -2.56. The van der Waals surface area contributed by atoms with E-state index in [0.29, 0.717) is 28.9 Å². The molecule has 4 aliphatic rings. The quantitative estimate of drug-likeness (QED) is 0.643. The first-order chi connectivity index (χ1) is 14.6. The number of nitrogens with one attached hydrogen (secondary N) is 1. The fourth-order valence-corrected chi connectivity index (χ4v) is 6.93. The van der Waals surface area contributed by atoms with Crippen molar-refractivity contribution < 1.29 is 9.53 Å². The number of aromatic nitrogens is 5. The van der Waals surface area contributed by atoms with Gasteiger partial charge in [0.1, 0.15) is 5.69 Å². The largest absolute Gasteiger partial charge is 0.462 e. The predicted octanol–water partition coefficient (Wildman–Crippen LogP) is 4.21. The van der Waals surface area contributed by atoms with Gasteiger partial charge in [0, 0.05) is 29.9 Å². The van der Waals surface area contributed by atoms with Crippen LogP contribution in [0.5, 0.6) is 0 Å². The summed E-state index contributed by atoms with van der Waals surface area (Å²) in [6.45, 7) is 3.09. The lowest BCUT2D eigenvalue weighted by molar-refractivity contribution is -0.0635. The molecule has 0 aromatic carbocycles. The van der Waals surface area contributed by atoms with Crippen LogP contribution in [0.15, 0.2) is 24.7 Å². The molecule has 3 aromatic heterocycles. The highest BCUT2D eigenvalue weighted by Crippen LogP contribution is 2.60. The van der Waals surface area contributed by atoms with Gasteiger partial charge >= 0.3 is 5.97 Å². The standard InChI is InChI=1S/C23H27N5O2/c1-2-30-22(29)19-18-3-4-24-21(18)27-26-20(19)17-11-25-28(12-17)13-23-8-14-5-15(9-23)7-16(6-14)10-23/h3-4,11-12,14-16H,2,5-10,13H2,1H3,(H,24,27). The van der Waals surface area contributed by atoms with Crippen molar-refractivity contribution in [3.63, 3.8) is 0 Å². The van der Waals surface area contributed by atoms with Gasteiger partial charge < -0.3 is 9.72 Å². The van der Waals surface area contributed by atoms with E-state index in [-0.39, 0.29) is 5.97 Å². The molecule has 7 rings (SSSR count). The van der Waals surface area contributed by atoms with Crippen molar-refractivity contribution in [2.75, 3.05) is 6.61 Å². The van der Waals surface area contributed by atoms with Crippen LogP contribution in [0, 0.1) is 23.2 Å². The van der Waals surface area contributed by atoms with Crippen LogP contribution in [0.3, 0.4) is 0 Å². The molecule has 4 bridgehead atoms. The van der Waals surface area contributed by atoms with Gasteiger partial charge in [0.2, 0.25) is 0 Å². The van der Waals surface area contributed by atoms with Gasteiger partial charge in [-0.3, -0.25) is 4.68 Å². The number of ether oxygens (including phenoxy) is 1. The van der Waals surface area contributed by atoms with E-state index in [9.17, 15) is 4.79 Å². The van der Waals surface area contributed by atoms with Crippen molar-refractivity contribution in [1.29, 1.82) is 0 Å². The molecule has 0 radical (unpaired) electrons. The molecule has 156 valence electrons. The van der Waals surface area contributed by atoms with Crippen molar-refractivity contribution in [2.45, 2.75) is 52.0 Å². The molecule has 0 unspecified atom stereocenters. The summed E-state index contributed by atoms with van der Waals surface area (Å²) >= 11 is 0. The number of rotatable bonds is 5. The van der Waals surface area contributed by atoms with Gasteiger partial charge in [-0.1, -0.05) is 0 Å². The first-order valence-electron chi connectivity index (χ1n) is 11.2. The van der Waals surface area contributed by atoms with Crippen LogP contribution in [-0.2, 0) is 11.3 Å². The van der Waals surface area contributed by atoms with Crippen molar-refractivity contribution in [1.82, 2.24) is 25.0 Å². The highest BCUT2D eigenvalue weighted by molar-refractivity contribution is 6.07. The minimum absolute atomic E-state index is 0.317. The maximum atomic E-state index is 12.7. The summed E-state index contributed by atoms with van der Waals surface area (Å²) < 4.78 is 7.39. The minimum atomic E-state index is -0.374. The van der Waals surface area contributed by atoms with E-state index in [4.69, 9.17) is 4.74 Å². The topological polar surface area (TPSA) is 85.7 Å². The summed E-state index contributed by atoms with van der Waals surface area (Å²) in [5.41, 5.74) is 2.80. The molecule has 0 amide bonds. The molecule has 3 heterocycles. The zero-order valence-electron chi connectivity index (χ0n) is 17.3. The molecular weight excluding hydrogens is 378 g/mol. The van der Waals surface area contributed by atoms with Crippen LogP contribution in [0.4, 0.5) is 0 Å². The molecule has 0 atom stereocenters. The lowest BCUT2D eigenvalue weighted by Crippen LogP contribution is -2.47. The molecule has 4 aliphatic carbocycles. The third-order valence-electron chi connectivity index (χ3n) is 7.53. The van der Waals surface area contributed by atoms with Gasteiger partial charge in [0.15, 0.2) is 5.65 Å². The average Bonchev–Trinajstić information content (AvgIpc) is 3.35. The Bertz CT molecular complexity index is 1080. The fraction of sp³-hybridized carbons (Fsp3) is 0.565. The number of hydrogen-bond acceptors (Lipinski definition) is 5. The molecule has 0 aliphatic heterocycles. The number of aromatic amines is 1. The maximum Gasteiger partial charge on any atom is 0.341 e. The van der Waals surface area contributed by atoms with Crippen molar-refractivity contribution in [2.24, 2.45) is 23.2 Å². The Hall–Kier alpha value is -2.70. The zero-order chi connectivity index (χ0) is 20.3. The molecular formula is C23H27N5O2. The highest BCUT2D eigenvalue weighted by atomic mass is 16.5. The molecule has 3 aromatic rings. The Morgan fingerprint density at radius 3 is 2.63 bits per heavy atom. The average molecular weight is 406 g/mol. The van der Waals surface area contributed by atoms with E-state index < -0.39 is 0 Å². The van der Waals surface area contributed by atoms with E-state index in [1.807, 2.05) is 25.4 Å². The van der Waals surface area contributed by atoms with E-state index >= 15 is 0 Å². The second-order valence-electron chi connectivity index (χ2n) is 9.73.